The SMILES string of the molecule is CC(C)COCCN(C)Cc1ccccc1N. The monoisotopic (exact) mass is 236 g/mol. The molecule has 3 nitrogen and oxygen atoms in total. The van der Waals surface area contributed by atoms with Gasteiger partial charge in [-0.2, -0.15) is 0 Å². The van der Waals surface area contributed by atoms with Crippen LogP contribution in [0.1, 0.15) is 19.4 Å². The van der Waals surface area contributed by atoms with E-state index in [0.29, 0.717) is 5.92 Å². The summed E-state index contributed by atoms with van der Waals surface area (Å²) in [5.74, 6) is 0.602. The van der Waals surface area contributed by atoms with E-state index in [1.807, 2.05) is 18.2 Å². The molecule has 1 rings (SSSR count). The molecular formula is C14H24N2O. The van der Waals surface area contributed by atoms with Crippen LogP contribution in [0.15, 0.2) is 24.3 Å². The predicted molar refractivity (Wildman–Crippen MR) is 72.8 cm³/mol. The molecule has 0 atom stereocenters. The molecule has 0 saturated carbocycles. The van der Waals surface area contributed by atoms with Crippen molar-refractivity contribution in [3.63, 3.8) is 0 Å². The first kappa shape index (κ1) is 14.0. The zero-order chi connectivity index (χ0) is 12.7. The molecule has 0 aliphatic rings. The van der Waals surface area contributed by atoms with Gasteiger partial charge in [0.2, 0.25) is 0 Å². The Bertz CT molecular complexity index is 326. The Morgan fingerprint density at radius 1 is 1.29 bits per heavy atom. The summed E-state index contributed by atoms with van der Waals surface area (Å²) < 4.78 is 5.56. The van der Waals surface area contributed by atoms with Crippen molar-refractivity contribution in [2.24, 2.45) is 5.92 Å². The summed E-state index contributed by atoms with van der Waals surface area (Å²) in [6.45, 7) is 7.74. The summed E-state index contributed by atoms with van der Waals surface area (Å²) in [5, 5.41) is 0. The molecule has 0 amide bonds. The van der Waals surface area contributed by atoms with Crippen molar-refractivity contribution in [3.05, 3.63) is 29.8 Å². The number of rotatable bonds is 7. The Labute approximate surface area is 105 Å². The Morgan fingerprint density at radius 2 is 2.00 bits per heavy atom. The van der Waals surface area contributed by atoms with Crippen molar-refractivity contribution in [2.75, 3.05) is 32.5 Å². The third-order valence-electron chi connectivity index (χ3n) is 2.56. The largest absolute Gasteiger partial charge is 0.398 e. The van der Waals surface area contributed by atoms with Crippen molar-refractivity contribution in [3.8, 4) is 0 Å². The van der Waals surface area contributed by atoms with Gasteiger partial charge in [0.25, 0.3) is 0 Å². The van der Waals surface area contributed by atoms with Gasteiger partial charge in [-0.1, -0.05) is 32.0 Å². The maximum absolute atomic E-state index is 5.91. The number of nitrogen functional groups attached to an aromatic ring is 1. The number of hydrogen-bond donors (Lipinski definition) is 1. The first-order chi connectivity index (χ1) is 8.09. The molecule has 0 aliphatic heterocycles. The molecule has 96 valence electrons. The molecule has 0 fully saturated rings. The molecule has 0 spiro atoms. The molecule has 3 heteroatoms. The summed E-state index contributed by atoms with van der Waals surface area (Å²) in [7, 11) is 2.09. The number of ether oxygens (including phenoxy) is 1. The highest BCUT2D eigenvalue weighted by Gasteiger charge is 2.03. The number of nitrogens with zero attached hydrogens (tertiary/aromatic N) is 1. The fraction of sp³-hybridized carbons (Fsp3) is 0.571. The summed E-state index contributed by atoms with van der Waals surface area (Å²) >= 11 is 0. The first-order valence-corrected chi connectivity index (χ1v) is 6.19. The number of para-hydroxylation sites is 1. The molecule has 1 aromatic rings. The van der Waals surface area contributed by atoms with Crippen LogP contribution < -0.4 is 5.73 Å². The molecule has 0 saturated heterocycles. The van der Waals surface area contributed by atoms with Crippen molar-refractivity contribution in [1.29, 1.82) is 0 Å². The van der Waals surface area contributed by atoms with Crippen LogP contribution in [0.4, 0.5) is 5.69 Å². The normalized spacial score (nSPS) is 11.4. The lowest BCUT2D eigenvalue weighted by atomic mass is 10.2. The van der Waals surface area contributed by atoms with Crippen LogP contribution in [0.25, 0.3) is 0 Å². The molecule has 1 aromatic carbocycles. The highest BCUT2D eigenvalue weighted by Crippen LogP contribution is 2.12. The number of hydrogen-bond acceptors (Lipinski definition) is 3. The van der Waals surface area contributed by atoms with Crippen molar-refractivity contribution >= 4 is 5.69 Å². The van der Waals surface area contributed by atoms with Crippen molar-refractivity contribution in [2.45, 2.75) is 20.4 Å². The molecule has 0 heterocycles. The van der Waals surface area contributed by atoms with E-state index in [2.05, 4.69) is 31.9 Å². The Kier molecular flexibility index (Phi) is 6.01. The smallest absolute Gasteiger partial charge is 0.0593 e. The zero-order valence-electron chi connectivity index (χ0n) is 11.1. The van der Waals surface area contributed by atoms with E-state index in [0.717, 1.165) is 32.0 Å². The second-order valence-corrected chi connectivity index (χ2v) is 4.91. The topological polar surface area (TPSA) is 38.5 Å². The van der Waals surface area contributed by atoms with Gasteiger partial charge in [-0.05, 0) is 24.6 Å². The van der Waals surface area contributed by atoms with Crippen molar-refractivity contribution < 1.29 is 4.74 Å². The molecule has 0 unspecified atom stereocenters. The maximum atomic E-state index is 5.91. The maximum Gasteiger partial charge on any atom is 0.0593 e. The fourth-order valence-electron chi connectivity index (χ4n) is 1.59. The first-order valence-electron chi connectivity index (χ1n) is 6.19. The summed E-state index contributed by atoms with van der Waals surface area (Å²) in [6.07, 6.45) is 0. The van der Waals surface area contributed by atoms with Gasteiger partial charge in [-0.25, -0.2) is 0 Å². The lowest BCUT2D eigenvalue weighted by molar-refractivity contribution is 0.0902. The highest BCUT2D eigenvalue weighted by molar-refractivity contribution is 5.46. The van der Waals surface area contributed by atoms with E-state index in [1.54, 1.807) is 0 Å². The molecular weight excluding hydrogens is 212 g/mol. The van der Waals surface area contributed by atoms with E-state index in [-0.39, 0.29) is 0 Å². The van der Waals surface area contributed by atoms with Crippen LogP contribution in [-0.2, 0) is 11.3 Å². The molecule has 2 N–H and O–H groups in total. The Morgan fingerprint density at radius 3 is 2.65 bits per heavy atom. The third-order valence-corrected chi connectivity index (χ3v) is 2.56. The lowest BCUT2D eigenvalue weighted by Gasteiger charge is -2.18. The van der Waals surface area contributed by atoms with Gasteiger partial charge < -0.3 is 10.5 Å². The number of benzene rings is 1. The minimum Gasteiger partial charge on any atom is -0.398 e. The minimum atomic E-state index is 0.602. The Balaban J connectivity index is 2.25. The molecule has 0 aliphatic carbocycles. The van der Waals surface area contributed by atoms with Crippen LogP contribution in [0.3, 0.4) is 0 Å². The van der Waals surface area contributed by atoms with Crippen LogP contribution >= 0.6 is 0 Å². The molecule has 0 radical (unpaired) electrons. The van der Waals surface area contributed by atoms with E-state index < -0.39 is 0 Å². The third kappa shape index (κ3) is 5.71. The summed E-state index contributed by atoms with van der Waals surface area (Å²) in [4.78, 5) is 2.23. The summed E-state index contributed by atoms with van der Waals surface area (Å²) in [6, 6.07) is 8.00. The van der Waals surface area contributed by atoms with Crippen molar-refractivity contribution in [1.82, 2.24) is 4.90 Å². The van der Waals surface area contributed by atoms with Crippen LogP contribution in [0.5, 0.6) is 0 Å². The van der Waals surface area contributed by atoms with Gasteiger partial charge in [-0.3, -0.25) is 4.90 Å². The zero-order valence-corrected chi connectivity index (χ0v) is 11.1. The van der Waals surface area contributed by atoms with E-state index in [9.17, 15) is 0 Å². The number of likely N-dealkylation sites (N-methyl/N-ethyl adjacent to an activating group) is 1. The Hall–Kier alpha value is -1.06. The van der Waals surface area contributed by atoms with Gasteiger partial charge in [0.1, 0.15) is 0 Å². The van der Waals surface area contributed by atoms with E-state index >= 15 is 0 Å². The molecule has 0 aromatic heterocycles. The molecule has 17 heavy (non-hydrogen) atoms. The van der Waals surface area contributed by atoms with Crippen LogP contribution in [0.2, 0.25) is 0 Å². The fourth-order valence-corrected chi connectivity index (χ4v) is 1.59. The average Bonchev–Trinajstić information content (AvgIpc) is 2.27. The average molecular weight is 236 g/mol. The van der Waals surface area contributed by atoms with Gasteiger partial charge in [0.05, 0.1) is 6.61 Å². The quantitative estimate of drug-likeness (QED) is 0.583. The van der Waals surface area contributed by atoms with Crippen LogP contribution in [-0.4, -0.2) is 31.7 Å². The van der Waals surface area contributed by atoms with Gasteiger partial charge in [0.15, 0.2) is 0 Å². The lowest BCUT2D eigenvalue weighted by Crippen LogP contribution is -2.23. The highest BCUT2D eigenvalue weighted by atomic mass is 16.5. The standard InChI is InChI=1S/C14H24N2O/c1-12(2)11-17-9-8-16(3)10-13-6-4-5-7-14(13)15/h4-7,12H,8-11,15H2,1-3H3. The second-order valence-electron chi connectivity index (χ2n) is 4.91. The van der Waals surface area contributed by atoms with Crippen LogP contribution in [0, 0.1) is 5.92 Å². The van der Waals surface area contributed by atoms with E-state index in [4.69, 9.17) is 10.5 Å². The minimum absolute atomic E-state index is 0.602. The summed E-state index contributed by atoms with van der Waals surface area (Å²) in [5.41, 5.74) is 7.95. The number of nitrogens with two attached hydrogens (primary N) is 1. The molecule has 0 bridgehead atoms. The van der Waals surface area contributed by atoms with E-state index in [1.165, 1.54) is 5.56 Å². The number of anilines is 1. The predicted octanol–water partition coefficient (Wildman–Crippen LogP) is 2.37. The van der Waals surface area contributed by atoms with Gasteiger partial charge in [-0.15, -0.1) is 0 Å². The van der Waals surface area contributed by atoms with Gasteiger partial charge in [0, 0.05) is 25.4 Å². The second kappa shape index (κ2) is 7.30. The van der Waals surface area contributed by atoms with Gasteiger partial charge >= 0.3 is 0 Å².